The largest absolute Gasteiger partial charge is 0.346 e. The smallest absolute Gasteiger partial charge is 0.227 e. The van der Waals surface area contributed by atoms with Gasteiger partial charge in [0.2, 0.25) is 5.91 Å². The van der Waals surface area contributed by atoms with Crippen LogP contribution >= 0.6 is 0 Å². The Hall–Kier alpha value is -1.84. The number of nitrogens with zero attached hydrogens (tertiary/aromatic N) is 1. The van der Waals surface area contributed by atoms with E-state index in [1.54, 1.807) is 0 Å². The number of H-pyrrole nitrogens is 1. The molecule has 0 radical (unpaired) electrons. The molecule has 2 heterocycles. The Morgan fingerprint density at radius 2 is 1.50 bits per heavy atom. The summed E-state index contributed by atoms with van der Waals surface area (Å²) >= 11 is 0. The lowest BCUT2D eigenvalue weighted by Gasteiger charge is -2.22. The van der Waals surface area contributed by atoms with Gasteiger partial charge < -0.3 is 10.3 Å². The van der Waals surface area contributed by atoms with E-state index in [1.165, 1.54) is 88.0 Å². The molecule has 1 amide bonds. The minimum absolute atomic E-state index is 0.165. The number of nitrogens with one attached hydrogen (secondary N) is 2. The lowest BCUT2D eigenvalue weighted by Crippen LogP contribution is -2.23. The second-order valence-electron chi connectivity index (χ2n) is 8.90. The monoisotopic (exact) mass is 381 g/mol. The fourth-order valence-electron chi connectivity index (χ4n) is 5.27. The summed E-state index contributed by atoms with van der Waals surface area (Å²) < 4.78 is 0. The molecule has 2 N–H and O–H groups in total. The average Bonchev–Trinajstić information content (AvgIpc) is 3.07. The molecule has 2 aliphatic carbocycles. The molecule has 2 saturated carbocycles. The van der Waals surface area contributed by atoms with Gasteiger partial charge in [-0.25, -0.2) is 4.98 Å². The number of hydrogen-bond acceptors (Lipinski definition) is 2. The van der Waals surface area contributed by atoms with E-state index in [2.05, 4.69) is 21.4 Å². The lowest BCUT2D eigenvalue weighted by atomic mass is 9.87. The van der Waals surface area contributed by atoms with Crippen LogP contribution in [0, 0.1) is 5.92 Å². The van der Waals surface area contributed by atoms with Crippen LogP contribution in [0.15, 0.2) is 18.5 Å². The number of aromatic nitrogens is 2. The standard InChI is InChI=1S/C24H35N3O/c28-24(19-13-9-5-6-10-14-19)27-21-17-26-23-20(15-16-25-23)22(21)18-11-7-3-1-2-4-8-12-18/h15-19H,1-14H2,(H,25,26)(H,27,28). The molecular weight excluding hydrogens is 346 g/mol. The molecule has 4 nitrogen and oxygen atoms in total. The fraction of sp³-hybridized carbons (Fsp3) is 0.667. The fourth-order valence-corrected chi connectivity index (χ4v) is 5.27. The molecule has 2 aromatic rings. The predicted molar refractivity (Wildman–Crippen MR) is 116 cm³/mol. The van der Waals surface area contributed by atoms with Crippen molar-refractivity contribution in [3.8, 4) is 0 Å². The van der Waals surface area contributed by atoms with Crippen molar-refractivity contribution in [1.29, 1.82) is 0 Å². The van der Waals surface area contributed by atoms with Crippen LogP contribution in [0.1, 0.15) is 101 Å². The Morgan fingerprint density at radius 3 is 2.18 bits per heavy atom. The number of aromatic amines is 1. The second-order valence-corrected chi connectivity index (χ2v) is 8.90. The maximum Gasteiger partial charge on any atom is 0.227 e. The molecule has 4 rings (SSSR count). The molecule has 0 aliphatic heterocycles. The lowest BCUT2D eigenvalue weighted by molar-refractivity contribution is -0.120. The highest BCUT2D eigenvalue weighted by Gasteiger charge is 2.24. The van der Waals surface area contributed by atoms with E-state index < -0.39 is 0 Å². The topological polar surface area (TPSA) is 57.8 Å². The van der Waals surface area contributed by atoms with Crippen LogP contribution in [0.4, 0.5) is 5.69 Å². The molecule has 0 aromatic carbocycles. The molecule has 0 spiro atoms. The number of pyridine rings is 1. The number of hydrogen-bond donors (Lipinski definition) is 2. The summed E-state index contributed by atoms with van der Waals surface area (Å²) in [7, 11) is 0. The molecule has 4 heteroatoms. The van der Waals surface area contributed by atoms with E-state index in [0.717, 1.165) is 24.2 Å². The number of carbonyl (C=O) groups excluding carboxylic acids is 1. The van der Waals surface area contributed by atoms with Crippen molar-refractivity contribution in [3.63, 3.8) is 0 Å². The second kappa shape index (κ2) is 9.58. The Balaban J connectivity index is 1.61. The first-order valence-corrected chi connectivity index (χ1v) is 11.6. The molecule has 152 valence electrons. The first kappa shape index (κ1) is 19.5. The highest BCUT2D eigenvalue weighted by molar-refractivity contribution is 5.96. The van der Waals surface area contributed by atoms with E-state index in [0.29, 0.717) is 5.92 Å². The van der Waals surface area contributed by atoms with Gasteiger partial charge in [0.15, 0.2) is 0 Å². The number of amides is 1. The number of rotatable bonds is 3. The van der Waals surface area contributed by atoms with Crippen LogP contribution in [0.25, 0.3) is 11.0 Å². The SMILES string of the molecule is O=C(Nc1cnc2[nH]ccc2c1C1CCCCCCCC1)C1CCCCCC1. The molecule has 0 atom stereocenters. The summed E-state index contributed by atoms with van der Waals surface area (Å²) in [5.74, 6) is 0.893. The third-order valence-corrected chi connectivity index (χ3v) is 6.88. The van der Waals surface area contributed by atoms with Crippen LogP contribution in [0.3, 0.4) is 0 Å². The highest BCUT2D eigenvalue weighted by Crippen LogP contribution is 2.38. The summed E-state index contributed by atoms with van der Waals surface area (Å²) in [6.07, 6.45) is 21.3. The van der Waals surface area contributed by atoms with Gasteiger partial charge in [0.1, 0.15) is 5.65 Å². The van der Waals surface area contributed by atoms with Crippen LogP contribution in [0.2, 0.25) is 0 Å². The van der Waals surface area contributed by atoms with E-state index in [4.69, 9.17) is 0 Å². The van der Waals surface area contributed by atoms with E-state index in [-0.39, 0.29) is 11.8 Å². The number of carbonyl (C=O) groups is 1. The van der Waals surface area contributed by atoms with Gasteiger partial charge >= 0.3 is 0 Å². The van der Waals surface area contributed by atoms with Gasteiger partial charge in [-0.3, -0.25) is 4.79 Å². The van der Waals surface area contributed by atoms with Crippen molar-refractivity contribution in [3.05, 3.63) is 24.0 Å². The molecule has 0 bridgehead atoms. The zero-order valence-electron chi connectivity index (χ0n) is 17.1. The van der Waals surface area contributed by atoms with Crippen molar-refractivity contribution in [2.75, 3.05) is 5.32 Å². The molecule has 2 aliphatic rings. The van der Waals surface area contributed by atoms with Crippen molar-refractivity contribution < 1.29 is 4.79 Å². The van der Waals surface area contributed by atoms with Gasteiger partial charge in [0, 0.05) is 17.5 Å². The maximum atomic E-state index is 13.1. The first-order valence-electron chi connectivity index (χ1n) is 11.6. The quantitative estimate of drug-likeness (QED) is 0.582. The molecule has 2 aromatic heterocycles. The normalized spacial score (nSPS) is 20.9. The number of anilines is 1. The molecule has 28 heavy (non-hydrogen) atoms. The number of fused-ring (bicyclic) bond motifs is 1. The summed E-state index contributed by atoms with van der Waals surface area (Å²) in [4.78, 5) is 20.9. The van der Waals surface area contributed by atoms with Crippen LogP contribution in [-0.4, -0.2) is 15.9 Å². The summed E-state index contributed by atoms with van der Waals surface area (Å²) in [5, 5.41) is 4.52. The minimum atomic E-state index is 0.165. The van der Waals surface area contributed by atoms with Gasteiger partial charge in [0.25, 0.3) is 0 Å². The zero-order chi connectivity index (χ0) is 19.2. The maximum absolute atomic E-state index is 13.1. The van der Waals surface area contributed by atoms with Crippen molar-refractivity contribution in [2.24, 2.45) is 5.92 Å². The Bertz CT molecular complexity index is 763. The van der Waals surface area contributed by atoms with E-state index >= 15 is 0 Å². The minimum Gasteiger partial charge on any atom is -0.346 e. The molecule has 2 fully saturated rings. The Labute approximate surface area is 168 Å². The van der Waals surface area contributed by atoms with E-state index in [1.807, 2.05) is 12.4 Å². The zero-order valence-corrected chi connectivity index (χ0v) is 17.1. The van der Waals surface area contributed by atoms with Crippen molar-refractivity contribution >= 4 is 22.6 Å². The summed E-state index contributed by atoms with van der Waals surface area (Å²) in [6.45, 7) is 0. The van der Waals surface area contributed by atoms with Crippen LogP contribution in [0.5, 0.6) is 0 Å². The third-order valence-electron chi connectivity index (χ3n) is 6.88. The van der Waals surface area contributed by atoms with Gasteiger partial charge in [-0.2, -0.15) is 0 Å². The predicted octanol–water partition coefficient (Wildman–Crippen LogP) is 6.69. The summed E-state index contributed by atoms with van der Waals surface area (Å²) in [6, 6.07) is 2.14. The van der Waals surface area contributed by atoms with Crippen molar-refractivity contribution in [1.82, 2.24) is 9.97 Å². The summed E-state index contributed by atoms with van der Waals surface area (Å²) in [5.41, 5.74) is 3.24. The van der Waals surface area contributed by atoms with Gasteiger partial charge in [-0.15, -0.1) is 0 Å². The Morgan fingerprint density at radius 1 is 0.893 bits per heavy atom. The molecular formula is C24H35N3O. The van der Waals surface area contributed by atoms with Gasteiger partial charge in [-0.05, 0) is 43.2 Å². The molecule has 0 saturated heterocycles. The Kier molecular flexibility index (Phi) is 6.66. The van der Waals surface area contributed by atoms with Crippen LogP contribution in [-0.2, 0) is 4.79 Å². The first-order chi connectivity index (χ1) is 13.8. The van der Waals surface area contributed by atoms with E-state index in [9.17, 15) is 4.79 Å². The third kappa shape index (κ3) is 4.59. The van der Waals surface area contributed by atoms with Gasteiger partial charge in [0.05, 0.1) is 11.9 Å². The molecule has 0 unspecified atom stereocenters. The average molecular weight is 382 g/mol. The van der Waals surface area contributed by atoms with Gasteiger partial charge in [-0.1, -0.05) is 64.2 Å². The highest BCUT2D eigenvalue weighted by atomic mass is 16.1. The van der Waals surface area contributed by atoms with Crippen LogP contribution < -0.4 is 5.32 Å². The van der Waals surface area contributed by atoms with Crippen molar-refractivity contribution in [2.45, 2.75) is 95.8 Å².